The van der Waals surface area contributed by atoms with Crippen LogP contribution < -0.4 is 0 Å². The second kappa shape index (κ2) is 9.88. The van der Waals surface area contributed by atoms with Crippen molar-refractivity contribution in [3.8, 4) is 0 Å². The van der Waals surface area contributed by atoms with Gasteiger partial charge in [-0.15, -0.1) is 0 Å². The normalized spacial score (nSPS) is 17.5. The van der Waals surface area contributed by atoms with Gasteiger partial charge in [-0.05, 0) is 47.9 Å². The molecule has 0 spiro atoms. The fourth-order valence-corrected chi connectivity index (χ4v) is 10.4. The molecule has 0 amide bonds. The summed E-state index contributed by atoms with van der Waals surface area (Å²) in [4.78, 5) is 13.2. The van der Waals surface area contributed by atoms with E-state index in [9.17, 15) is 4.79 Å². The molecule has 0 aromatic heterocycles. The van der Waals surface area contributed by atoms with Crippen molar-refractivity contribution in [2.45, 2.75) is 102 Å². The zero-order chi connectivity index (χ0) is 20.0. The highest BCUT2D eigenvalue weighted by molar-refractivity contribution is 6.77. The van der Waals surface area contributed by atoms with Gasteiger partial charge in [0.25, 0.3) is 0 Å². The van der Waals surface area contributed by atoms with Crippen LogP contribution in [0.2, 0.25) is 16.6 Å². The van der Waals surface area contributed by atoms with Crippen molar-refractivity contribution < 1.29 is 14.0 Å². The van der Waals surface area contributed by atoms with Crippen LogP contribution in [-0.2, 0) is 14.0 Å². The highest BCUT2D eigenvalue weighted by atomic mass is 28.4. The Morgan fingerprint density at radius 1 is 0.889 bits per heavy atom. The molecule has 27 heavy (non-hydrogen) atoms. The lowest BCUT2D eigenvalue weighted by atomic mass is 9.98. The number of hydrogen-bond acceptors (Lipinski definition) is 3. The summed E-state index contributed by atoms with van der Waals surface area (Å²) >= 11 is 0. The SMILES string of the molecule is CC(C)[Si](O[C@H](C(=O)OC1CCCCC1)c1ccccc1)(C(C)C)C(C)C. The van der Waals surface area contributed by atoms with Gasteiger partial charge in [0.05, 0.1) is 0 Å². The highest BCUT2D eigenvalue weighted by Gasteiger charge is 2.48. The third-order valence-corrected chi connectivity index (χ3v) is 12.2. The molecule has 1 fully saturated rings. The Morgan fingerprint density at radius 3 is 1.89 bits per heavy atom. The standard InChI is InChI=1S/C23H38O3Si/c1-17(2)27(18(3)4,19(5)6)26-22(20-13-9-7-10-14-20)23(24)25-21-15-11-8-12-16-21/h7,9-10,13-14,17-19,21-22H,8,11-12,15-16H2,1-6H3/t22-/m0/s1. The van der Waals surface area contributed by atoms with Crippen molar-refractivity contribution in [1.82, 2.24) is 0 Å². The van der Waals surface area contributed by atoms with E-state index in [1.807, 2.05) is 30.3 Å². The summed E-state index contributed by atoms with van der Waals surface area (Å²) in [5, 5.41) is 0. The Kier molecular flexibility index (Phi) is 8.11. The first-order valence-corrected chi connectivity index (χ1v) is 12.9. The predicted molar refractivity (Wildman–Crippen MR) is 114 cm³/mol. The first-order valence-electron chi connectivity index (χ1n) is 10.7. The summed E-state index contributed by atoms with van der Waals surface area (Å²) in [6.07, 6.45) is 4.94. The number of benzene rings is 1. The minimum absolute atomic E-state index is 0.0503. The lowest BCUT2D eigenvalue weighted by molar-refractivity contribution is -0.160. The quantitative estimate of drug-likeness (QED) is 0.362. The van der Waals surface area contributed by atoms with Crippen LogP contribution in [0.15, 0.2) is 30.3 Å². The van der Waals surface area contributed by atoms with E-state index in [4.69, 9.17) is 9.16 Å². The van der Waals surface area contributed by atoms with Crippen LogP contribution in [0.25, 0.3) is 0 Å². The van der Waals surface area contributed by atoms with Crippen LogP contribution in [0.1, 0.15) is 85.3 Å². The molecule has 1 aliphatic carbocycles. The van der Waals surface area contributed by atoms with Crippen molar-refractivity contribution in [3.63, 3.8) is 0 Å². The number of ether oxygens (including phenoxy) is 1. The molecule has 2 rings (SSSR count). The van der Waals surface area contributed by atoms with Gasteiger partial charge in [0, 0.05) is 0 Å². The second-order valence-electron chi connectivity index (χ2n) is 8.92. The van der Waals surface area contributed by atoms with E-state index in [0.717, 1.165) is 31.2 Å². The number of esters is 1. The van der Waals surface area contributed by atoms with Crippen molar-refractivity contribution in [1.29, 1.82) is 0 Å². The molecule has 152 valence electrons. The zero-order valence-corrected chi connectivity index (χ0v) is 19.0. The molecule has 0 bridgehead atoms. The van der Waals surface area contributed by atoms with Gasteiger partial charge in [-0.1, -0.05) is 78.3 Å². The summed E-state index contributed by atoms with van der Waals surface area (Å²) < 4.78 is 12.8. The molecular weight excluding hydrogens is 352 g/mol. The predicted octanol–water partition coefficient (Wildman–Crippen LogP) is 6.80. The summed E-state index contributed by atoms with van der Waals surface area (Å²) in [5.41, 5.74) is 2.18. The lowest BCUT2D eigenvalue weighted by Gasteiger charge is -2.44. The minimum atomic E-state index is -2.20. The maximum Gasteiger partial charge on any atom is 0.339 e. The molecule has 1 aromatic carbocycles. The molecule has 0 aliphatic heterocycles. The molecule has 4 heteroatoms. The van der Waals surface area contributed by atoms with E-state index in [2.05, 4.69) is 41.5 Å². The maximum absolute atomic E-state index is 13.2. The molecule has 1 atom stereocenters. The fourth-order valence-electron chi connectivity index (χ4n) is 4.90. The molecule has 1 saturated carbocycles. The van der Waals surface area contributed by atoms with Crippen LogP contribution in [-0.4, -0.2) is 20.4 Å². The summed E-state index contributed by atoms with van der Waals surface area (Å²) in [5.74, 6) is -0.202. The zero-order valence-electron chi connectivity index (χ0n) is 18.0. The Hall–Kier alpha value is -1.13. The van der Waals surface area contributed by atoms with Gasteiger partial charge in [0.15, 0.2) is 6.10 Å². The van der Waals surface area contributed by atoms with Crippen molar-refractivity contribution in [2.24, 2.45) is 0 Å². The van der Waals surface area contributed by atoms with Gasteiger partial charge < -0.3 is 9.16 Å². The van der Waals surface area contributed by atoms with Gasteiger partial charge in [-0.3, -0.25) is 0 Å². The minimum Gasteiger partial charge on any atom is -0.460 e. The first kappa shape index (κ1) is 22.2. The van der Waals surface area contributed by atoms with E-state index in [1.165, 1.54) is 6.42 Å². The molecule has 0 saturated heterocycles. The molecule has 0 unspecified atom stereocenters. The Bertz CT molecular complexity index is 555. The van der Waals surface area contributed by atoms with Crippen LogP contribution in [0.3, 0.4) is 0 Å². The number of hydrogen-bond donors (Lipinski definition) is 0. The summed E-state index contributed by atoms with van der Waals surface area (Å²) in [6, 6.07) is 9.91. The number of carbonyl (C=O) groups is 1. The van der Waals surface area contributed by atoms with Crippen molar-refractivity contribution in [3.05, 3.63) is 35.9 Å². The van der Waals surface area contributed by atoms with Crippen molar-refractivity contribution in [2.75, 3.05) is 0 Å². The average Bonchev–Trinajstić information content (AvgIpc) is 2.63. The second-order valence-corrected chi connectivity index (χ2v) is 14.3. The van der Waals surface area contributed by atoms with Gasteiger partial charge >= 0.3 is 5.97 Å². The first-order chi connectivity index (χ1) is 12.8. The van der Waals surface area contributed by atoms with Crippen LogP contribution in [0.5, 0.6) is 0 Å². The van der Waals surface area contributed by atoms with E-state index in [0.29, 0.717) is 16.6 Å². The smallest absolute Gasteiger partial charge is 0.339 e. The lowest BCUT2D eigenvalue weighted by Crippen LogP contribution is -2.49. The topological polar surface area (TPSA) is 35.5 Å². The number of carbonyl (C=O) groups excluding carboxylic acids is 1. The Labute approximate surface area is 167 Å². The monoisotopic (exact) mass is 390 g/mol. The third-order valence-electron chi connectivity index (χ3n) is 6.18. The van der Waals surface area contributed by atoms with Crippen LogP contribution >= 0.6 is 0 Å². The van der Waals surface area contributed by atoms with E-state index in [-0.39, 0.29) is 12.1 Å². The molecule has 3 nitrogen and oxygen atoms in total. The number of rotatable bonds is 8. The average molecular weight is 391 g/mol. The van der Waals surface area contributed by atoms with E-state index < -0.39 is 14.4 Å². The third kappa shape index (κ3) is 5.23. The van der Waals surface area contributed by atoms with Gasteiger partial charge in [0.1, 0.15) is 6.10 Å². The van der Waals surface area contributed by atoms with Gasteiger partial charge in [-0.25, -0.2) is 4.79 Å². The van der Waals surface area contributed by atoms with Crippen molar-refractivity contribution >= 4 is 14.3 Å². The molecule has 1 aromatic rings. The maximum atomic E-state index is 13.2. The van der Waals surface area contributed by atoms with Gasteiger partial charge in [-0.2, -0.15) is 0 Å². The molecule has 0 radical (unpaired) electrons. The fraction of sp³-hybridized carbons (Fsp3) is 0.696. The highest BCUT2D eigenvalue weighted by Crippen LogP contribution is 2.45. The molecule has 1 aliphatic rings. The van der Waals surface area contributed by atoms with Crippen LogP contribution in [0.4, 0.5) is 0 Å². The Balaban J connectivity index is 2.32. The largest absolute Gasteiger partial charge is 0.460 e. The van der Waals surface area contributed by atoms with E-state index in [1.54, 1.807) is 0 Å². The molecule has 0 N–H and O–H groups in total. The van der Waals surface area contributed by atoms with E-state index >= 15 is 0 Å². The van der Waals surface area contributed by atoms with Gasteiger partial charge in [0.2, 0.25) is 8.32 Å². The molecule has 0 heterocycles. The van der Waals surface area contributed by atoms with Crippen LogP contribution in [0, 0.1) is 0 Å². The Morgan fingerprint density at radius 2 is 1.41 bits per heavy atom. The molecular formula is C23H38O3Si. The summed E-state index contributed by atoms with van der Waals surface area (Å²) in [7, 11) is -2.20. The summed E-state index contributed by atoms with van der Waals surface area (Å²) in [6.45, 7) is 13.5.